The molecule has 0 atom stereocenters. The van der Waals surface area contributed by atoms with Gasteiger partial charge in [-0.2, -0.15) is 0 Å². The number of anilines is 1. The van der Waals surface area contributed by atoms with Crippen LogP contribution >= 0.6 is 0 Å². The normalized spacial score (nSPS) is 7.50. The van der Waals surface area contributed by atoms with Crippen LogP contribution in [0.2, 0.25) is 0 Å². The number of nitrogens with one attached hydrogen (secondary N) is 1. The summed E-state index contributed by atoms with van der Waals surface area (Å²) >= 11 is 0. The molecule has 0 saturated carbocycles. The summed E-state index contributed by atoms with van der Waals surface area (Å²) in [5.74, 6) is 0. The monoisotopic (exact) mass is 195 g/mol. The van der Waals surface area contributed by atoms with E-state index in [9.17, 15) is 0 Å². The first-order chi connectivity index (χ1) is 6.85. The maximum absolute atomic E-state index is 3.03. The number of hydrogen-bond donors (Lipinski definition) is 1. The third-order valence-corrected chi connectivity index (χ3v) is 1.56. The topological polar surface area (TPSA) is 12.0 Å². The lowest BCUT2D eigenvalue weighted by atomic mass is 10.3. The minimum Gasteiger partial charge on any atom is -0.388 e. The first kappa shape index (κ1) is 15.5. The van der Waals surface area contributed by atoms with Gasteiger partial charge in [-0.3, -0.25) is 0 Å². The van der Waals surface area contributed by atoms with E-state index in [4.69, 9.17) is 0 Å². The van der Waals surface area contributed by atoms with Crippen LogP contribution in [0.3, 0.4) is 0 Å². The van der Waals surface area contributed by atoms with E-state index in [1.807, 2.05) is 51.2 Å². The third-order valence-electron chi connectivity index (χ3n) is 1.56. The number of hydrogen-bond acceptors (Lipinski definition) is 1. The molecule has 0 saturated heterocycles. The lowest BCUT2D eigenvalue weighted by molar-refractivity contribution is 0.886. The van der Waals surface area contributed by atoms with Crippen LogP contribution < -0.4 is 5.32 Å². The van der Waals surface area contributed by atoms with Gasteiger partial charge < -0.3 is 5.32 Å². The highest BCUT2D eigenvalue weighted by atomic mass is 14.8. The van der Waals surface area contributed by atoms with Crippen LogP contribution in [-0.4, -0.2) is 7.05 Å². The van der Waals surface area contributed by atoms with Crippen molar-refractivity contribution in [1.82, 2.24) is 0 Å². The predicted octanol–water partition coefficient (Wildman–Crippen LogP) is 4.56. The summed E-state index contributed by atoms with van der Waals surface area (Å²) < 4.78 is 0. The van der Waals surface area contributed by atoms with Gasteiger partial charge >= 0.3 is 0 Å². The summed E-state index contributed by atoms with van der Waals surface area (Å²) in [6, 6.07) is 10.1. The van der Waals surface area contributed by atoms with Crippen LogP contribution in [-0.2, 0) is 0 Å². The zero-order valence-electron chi connectivity index (χ0n) is 10.3. The van der Waals surface area contributed by atoms with Crippen molar-refractivity contribution in [2.24, 2.45) is 0 Å². The Balaban J connectivity index is 0. The zero-order valence-corrected chi connectivity index (χ0v) is 10.3. The summed E-state index contributed by atoms with van der Waals surface area (Å²) in [4.78, 5) is 0. The Kier molecular flexibility index (Phi) is 16.1. The van der Waals surface area contributed by atoms with Crippen molar-refractivity contribution in [2.45, 2.75) is 40.5 Å². The first-order valence-electron chi connectivity index (χ1n) is 5.57. The minimum absolute atomic E-state index is 1.16. The van der Waals surface area contributed by atoms with Crippen LogP contribution in [0, 0.1) is 0 Å². The van der Waals surface area contributed by atoms with Crippen molar-refractivity contribution in [3.05, 3.63) is 30.3 Å². The molecule has 0 aromatic heterocycles. The van der Waals surface area contributed by atoms with Crippen LogP contribution in [0.5, 0.6) is 0 Å². The molecule has 1 aromatic carbocycles. The Morgan fingerprint density at radius 1 is 0.929 bits per heavy atom. The molecule has 0 aliphatic heterocycles. The third kappa shape index (κ3) is 11.0. The van der Waals surface area contributed by atoms with E-state index in [-0.39, 0.29) is 0 Å². The van der Waals surface area contributed by atoms with Gasteiger partial charge in [0.2, 0.25) is 0 Å². The molecule has 1 nitrogen and oxygen atoms in total. The van der Waals surface area contributed by atoms with Crippen molar-refractivity contribution >= 4 is 5.69 Å². The summed E-state index contributed by atoms with van der Waals surface area (Å²) in [5, 5.41) is 3.03. The standard InChI is InChI=1S/C7H9N.C4H10.C2H6/c1-8-7-5-3-2-4-6-7;1-3-4-2;1-2/h2-6,8H,1H3;3-4H2,1-2H3;1-2H3. The molecule has 0 aliphatic rings. The molecule has 0 radical (unpaired) electrons. The molecule has 14 heavy (non-hydrogen) atoms. The van der Waals surface area contributed by atoms with E-state index < -0.39 is 0 Å². The van der Waals surface area contributed by atoms with E-state index >= 15 is 0 Å². The number of para-hydroxylation sites is 1. The minimum atomic E-state index is 1.16. The molecule has 1 heteroatoms. The number of unbranched alkanes of at least 4 members (excludes halogenated alkanes) is 1. The maximum Gasteiger partial charge on any atom is 0.0337 e. The highest BCUT2D eigenvalue weighted by molar-refractivity contribution is 5.41. The Morgan fingerprint density at radius 2 is 1.36 bits per heavy atom. The Morgan fingerprint density at radius 3 is 1.57 bits per heavy atom. The van der Waals surface area contributed by atoms with Gasteiger partial charge in [0, 0.05) is 12.7 Å². The second kappa shape index (κ2) is 14.5. The van der Waals surface area contributed by atoms with Crippen LogP contribution in [0.15, 0.2) is 30.3 Å². The summed E-state index contributed by atoms with van der Waals surface area (Å²) in [6.07, 6.45) is 2.64. The molecule has 0 aliphatic carbocycles. The molecule has 1 aromatic rings. The van der Waals surface area contributed by atoms with Crippen LogP contribution in [0.25, 0.3) is 0 Å². The molecule has 0 amide bonds. The van der Waals surface area contributed by atoms with Gasteiger partial charge in [0.25, 0.3) is 0 Å². The van der Waals surface area contributed by atoms with Gasteiger partial charge in [-0.25, -0.2) is 0 Å². The fourth-order valence-corrected chi connectivity index (χ4v) is 0.605. The van der Waals surface area contributed by atoms with E-state index in [1.165, 1.54) is 12.8 Å². The fraction of sp³-hybridized carbons (Fsp3) is 0.538. The molecule has 1 rings (SSSR count). The quantitative estimate of drug-likeness (QED) is 0.729. The largest absolute Gasteiger partial charge is 0.388 e. The Hall–Kier alpha value is -0.980. The van der Waals surface area contributed by atoms with Crippen molar-refractivity contribution in [3.63, 3.8) is 0 Å². The van der Waals surface area contributed by atoms with E-state index in [1.54, 1.807) is 0 Å². The van der Waals surface area contributed by atoms with Gasteiger partial charge in [-0.1, -0.05) is 58.7 Å². The molecule has 1 N–H and O–H groups in total. The maximum atomic E-state index is 3.03. The molecule has 0 fully saturated rings. The molecule has 0 heterocycles. The number of rotatable bonds is 2. The van der Waals surface area contributed by atoms with E-state index in [0.717, 1.165) is 5.69 Å². The molecule has 0 unspecified atom stereocenters. The summed E-state index contributed by atoms with van der Waals surface area (Å²) in [6.45, 7) is 8.36. The van der Waals surface area contributed by atoms with E-state index in [2.05, 4.69) is 19.2 Å². The van der Waals surface area contributed by atoms with Crippen molar-refractivity contribution in [3.8, 4) is 0 Å². The molecular formula is C13H25N. The fourth-order valence-electron chi connectivity index (χ4n) is 0.605. The van der Waals surface area contributed by atoms with Crippen LogP contribution in [0.1, 0.15) is 40.5 Å². The van der Waals surface area contributed by atoms with Crippen LogP contribution in [0.4, 0.5) is 5.69 Å². The molecule has 0 spiro atoms. The summed E-state index contributed by atoms with van der Waals surface area (Å²) in [5.41, 5.74) is 1.16. The van der Waals surface area contributed by atoms with Gasteiger partial charge in [-0.05, 0) is 12.1 Å². The lowest BCUT2D eigenvalue weighted by Gasteiger charge is -1.94. The first-order valence-corrected chi connectivity index (χ1v) is 5.57. The van der Waals surface area contributed by atoms with Gasteiger partial charge in [0.05, 0.1) is 0 Å². The second-order valence-electron chi connectivity index (χ2n) is 2.62. The molecular weight excluding hydrogens is 170 g/mol. The highest BCUT2D eigenvalue weighted by Crippen LogP contribution is 2.01. The SMILES string of the molecule is CC.CCCC.CNc1ccccc1. The zero-order chi connectivity index (χ0) is 11.2. The smallest absolute Gasteiger partial charge is 0.0337 e. The van der Waals surface area contributed by atoms with Crippen molar-refractivity contribution in [2.75, 3.05) is 12.4 Å². The average Bonchev–Trinajstić information content (AvgIpc) is 2.33. The van der Waals surface area contributed by atoms with Crippen molar-refractivity contribution in [1.29, 1.82) is 0 Å². The second-order valence-corrected chi connectivity index (χ2v) is 2.62. The van der Waals surface area contributed by atoms with E-state index in [0.29, 0.717) is 0 Å². The predicted molar refractivity (Wildman–Crippen MR) is 67.9 cm³/mol. The van der Waals surface area contributed by atoms with Gasteiger partial charge in [0.15, 0.2) is 0 Å². The molecule has 0 bridgehead atoms. The Labute approximate surface area is 89.5 Å². The Bertz CT molecular complexity index is 168. The highest BCUT2D eigenvalue weighted by Gasteiger charge is 1.77. The van der Waals surface area contributed by atoms with Gasteiger partial charge in [0.1, 0.15) is 0 Å². The molecule has 82 valence electrons. The van der Waals surface area contributed by atoms with Crippen molar-refractivity contribution < 1.29 is 0 Å². The average molecular weight is 195 g/mol. The lowest BCUT2D eigenvalue weighted by Crippen LogP contribution is -1.84. The number of benzene rings is 1. The van der Waals surface area contributed by atoms with Gasteiger partial charge in [-0.15, -0.1) is 0 Å². The summed E-state index contributed by atoms with van der Waals surface area (Å²) in [7, 11) is 1.91.